The van der Waals surface area contributed by atoms with Crippen molar-refractivity contribution in [3.8, 4) is 17.2 Å². The molecule has 1 amide bonds. The molecule has 0 atom stereocenters. The third-order valence-electron chi connectivity index (χ3n) is 9.86. The van der Waals surface area contributed by atoms with Gasteiger partial charge in [-0.1, -0.05) is 37.1 Å². The van der Waals surface area contributed by atoms with E-state index in [2.05, 4.69) is 10.2 Å². The molecule has 0 spiro atoms. The third kappa shape index (κ3) is 11.1. The Hall–Kier alpha value is -4.74. The Morgan fingerprint density at radius 2 is 1.30 bits per heavy atom. The van der Waals surface area contributed by atoms with Crippen LogP contribution in [0.1, 0.15) is 84.9 Å². The number of aromatic carboxylic acids is 1. The average molecular weight is 731 g/mol. The van der Waals surface area contributed by atoms with Gasteiger partial charge in [-0.05, 0) is 87.8 Å². The Balaban J connectivity index is 0.000000236. The highest BCUT2D eigenvalue weighted by Crippen LogP contribution is 2.33. The number of fused-ring (bicyclic) bond motifs is 1. The van der Waals surface area contributed by atoms with Crippen LogP contribution in [-0.2, 0) is 4.74 Å². The van der Waals surface area contributed by atoms with E-state index >= 15 is 0 Å². The number of benzene rings is 4. The molecular weight excluding hydrogens is 682 g/mol. The van der Waals surface area contributed by atoms with Crippen LogP contribution in [0.2, 0.25) is 0 Å². The summed E-state index contributed by atoms with van der Waals surface area (Å²) >= 11 is 0. The van der Waals surface area contributed by atoms with Crippen LogP contribution < -0.4 is 19.5 Å². The van der Waals surface area contributed by atoms with Gasteiger partial charge in [-0.3, -0.25) is 9.69 Å². The van der Waals surface area contributed by atoms with Gasteiger partial charge in [0.15, 0.2) is 0 Å². The molecule has 4 aromatic carbocycles. The summed E-state index contributed by atoms with van der Waals surface area (Å²) in [6.07, 6.45) is 10.9. The number of carboxylic acid groups (broad SMARTS) is 1. The summed E-state index contributed by atoms with van der Waals surface area (Å²) in [5, 5.41) is 13.6. The van der Waals surface area contributed by atoms with Crippen molar-refractivity contribution >= 4 is 28.3 Å². The highest BCUT2D eigenvalue weighted by Gasteiger charge is 2.19. The van der Waals surface area contributed by atoms with Gasteiger partial charge < -0.3 is 29.4 Å². The molecule has 9 nitrogen and oxygen atoms in total. The summed E-state index contributed by atoms with van der Waals surface area (Å²) in [6.45, 7) is 4.77. The molecule has 282 valence electrons. The van der Waals surface area contributed by atoms with E-state index in [1.54, 1.807) is 6.07 Å². The van der Waals surface area contributed by atoms with E-state index in [4.69, 9.17) is 24.1 Å². The quantitative estimate of drug-likeness (QED) is 0.158. The molecule has 1 aliphatic heterocycles. The van der Waals surface area contributed by atoms with Crippen LogP contribution in [0.4, 0.5) is 14.5 Å². The van der Waals surface area contributed by atoms with E-state index in [1.165, 1.54) is 37.1 Å². The van der Waals surface area contributed by atoms with E-state index in [9.17, 15) is 18.4 Å². The first-order chi connectivity index (χ1) is 25.8. The number of hydrogen-bond acceptors (Lipinski definition) is 7. The van der Waals surface area contributed by atoms with Crippen LogP contribution >= 0.6 is 0 Å². The van der Waals surface area contributed by atoms with Crippen LogP contribution in [0.25, 0.3) is 10.8 Å². The fraction of sp³-hybridized carbons (Fsp3) is 0.429. The molecule has 0 bridgehead atoms. The molecule has 0 unspecified atom stereocenters. The lowest BCUT2D eigenvalue weighted by Gasteiger charge is -2.26. The topological polar surface area (TPSA) is 107 Å². The normalized spacial score (nSPS) is 17.0. The van der Waals surface area contributed by atoms with Crippen LogP contribution in [-0.4, -0.2) is 73.5 Å². The summed E-state index contributed by atoms with van der Waals surface area (Å²) in [5.74, 6) is -1.09. The Morgan fingerprint density at radius 1 is 0.736 bits per heavy atom. The molecule has 3 fully saturated rings. The lowest BCUT2D eigenvalue weighted by molar-refractivity contribution is 0.0323. The first kappa shape index (κ1) is 38.0. The van der Waals surface area contributed by atoms with E-state index in [1.807, 2.05) is 36.4 Å². The van der Waals surface area contributed by atoms with Crippen LogP contribution in [0.15, 0.2) is 72.8 Å². The maximum Gasteiger partial charge on any atom is 0.335 e. The zero-order valence-electron chi connectivity index (χ0n) is 30.0. The van der Waals surface area contributed by atoms with E-state index in [0.29, 0.717) is 23.8 Å². The van der Waals surface area contributed by atoms with Crippen LogP contribution in [0, 0.1) is 11.6 Å². The smallest absolute Gasteiger partial charge is 0.335 e. The summed E-state index contributed by atoms with van der Waals surface area (Å²) in [6, 6.07) is 19.3. The molecule has 2 saturated carbocycles. The number of nitrogens with zero attached hydrogens (tertiary/aromatic N) is 1. The maximum atomic E-state index is 14.4. The number of carbonyl (C=O) groups excluding carboxylic acids is 1. The van der Waals surface area contributed by atoms with Gasteiger partial charge in [0.1, 0.15) is 35.5 Å². The molecule has 3 aliphatic rings. The number of hydrogen-bond donors (Lipinski definition) is 2. The first-order valence-electron chi connectivity index (χ1n) is 18.7. The van der Waals surface area contributed by atoms with Gasteiger partial charge in [0.2, 0.25) is 0 Å². The minimum atomic E-state index is -1.14. The van der Waals surface area contributed by atoms with Crippen molar-refractivity contribution in [1.29, 1.82) is 0 Å². The lowest BCUT2D eigenvalue weighted by Crippen LogP contribution is -2.38. The van der Waals surface area contributed by atoms with Gasteiger partial charge in [-0.25, -0.2) is 13.6 Å². The summed E-state index contributed by atoms with van der Waals surface area (Å²) in [4.78, 5) is 26.2. The van der Waals surface area contributed by atoms with Gasteiger partial charge in [0.05, 0.1) is 31.0 Å². The van der Waals surface area contributed by atoms with Gasteiger partial charge in [0.25, 0.3) is 5.91 Å². The second-order valence-electron chi connectivity index (χ2n) is 13.8. The van der Waals surface area contributed by atoms with Crippen LogP contribution in [0.3, 0.4) is 0 Å². The number of anilines is 1. The molecule has 53 heavy (non-hydrogen) atoms. The van der Waals surface area contributed by atoms with Gasteiger partial charge in [-0.15, -0.1) is 0 Å². The SMILES string of the molecule is O=C(Nc1ccc(OCCN2CCOCC2)c2ccccc12)c1cc(F)cc(OC2CCCCC2)c1.O=C(O)c1cc(F)cc(OC2CCCCC2)c1. The Labute approximate surface area is 309 Å². The van der Waals surface area contributed by atoms with Gasteiger partial charge in [0, 0.05) is 53.8 Å². The molecule has 0 aromatic heterocycles. The number of rotatable bonds is 11. The Kier molecular flexibility index (Phi) is 13.5. The Bertz CT molecular complexity index is 1840. The van der Waals surface area contributed by atoms with Crippen molar-refractivity contribution in [2.45, 2.75) is 76.4 Å². The predicted molar refractivity (Wildman–Crippen MR) is 199 cm³/mol. The monoisotopic (exact) mass is 730 g/mol. The van der Waals surface area contributed by atoms with Crippen molar-refractivity contribution in [1.82, 2.24) is 4.90 Å². The van der Waals surface area contributed by atoms with Gasteiger partial charge in [-0.2, -0.15) is 0 Å². The number of morpholine rings is 1. The number of halogens is 2. The van der Waals surface area contributed by atoms with E-state index < -0.39 is 17.6 Å². The molecular formula is C42H48F2N2O7. The van der Waals surface area contributed by atoms with Crippen molar-refractivity contribution in [3.05, 3.63) is 95.6 Å². The molecule has 0 radical (unpaired) electrons. The number of ether oxygens (including phenoxy) is 4. The zero-order valence-corrected chi connectivity index (χ0v) is 30.0. The second-order valence-corrected chi connectivity index (χ2v) is 13.8. The minimum Gasteiger partial charge on any atom is -0.492 e. The van der Waals surface area contributed by atoms with Crippen molar-refractivity contribution < 1.29 is 42.4 Å². The largest absolute Gasteiger partial charge is 0.492 e. The molecule has 1 saturated heterocycles. The summed E-state index contributed by atoms with van der Waals surface area (Å²) < 4.78 is 50.7. The fourth-order valence-corrected chi connectivity index (χ4v) is 7.08. The van der Waals surface area contributed by atoms with Crippen molar-refractivity contribution in [3.63, 3.8) is 0 Å². The molecule has 7 rings (SSSR count). The highest BCUT2D eigenvalue weighted by molar-refractivity contribution is 6.10. The van der Waals surface area contributed by atoms with Crippen molar-refractivity contribution in [2.75, 3.05) is 44.8 Å². The van der Waals surface area contributed by atoms with Crippen LogP contribution in [0.5, 0.6) is 17.2 Å². The number of nitrogens with one attached hydrogen (secondary N) is 1. The van der Waals surface area contributed by atoms with Crippen molar-refractivity contribution in [2.24, 2.45) is 0 Å². The molecule has 1 heterocycles. The summed E-state index contributed by atoms with van der Waals surface area (Å²) in [5.41, 5.74) is 0.807. The van der Waals surface area contributed by atoms with Gasteiger partial charge >= 0.3 is 5.97 Å². The first-order valence-corrected chi connectivity index (χ1v) is 18.7. The number of carbonyl (C=O) groups is 2. The molecule has 2 N–H and O–H groups in total. The lowest BCUT2D eigenvalue weighted by atomic mass is 9.98. The zero-order chi connectivity index (χ0) is 37.0. The average Bonchev–Trinajstić information content (AvgIpc) is 3.16. The standard InChI is InChI=1S/C29H33FN2O4.C13H15FO3/c30-22-18-21(19-24(20-22)36-23-6-2-1-3-7-23)29(33)31-27-10-11-28(26-9-5-4-8-25(26)27)35-17-14-32-12-15-34-16-13-32;14-10-6-9(13(15)16)7-12(8-10)17-11-4-2-1-3-5-11/h4-5,8-11,18-20,23H,1-3,6-7,12-17H2,(H,31,33);6-8,11H,1-5H2,(H,15,16). The predicted octanol–water partition coefficient (Wildman–Crippen LogP) is 8.89. The number of amides is 1. The highest BCUT2D eigenvalue weighted by atomic mass is 19.1. The fourth-order valence-electron chi connectivity index (χ4n) is 7.08. The maximum absolute atomic E-state index is 14.4. The van der Waals surface area contributed by atoms with E-state index in [-0.39, 0.29) is 29.2 Å². The molecule has 2 aliphatic carbocycles. The minimum absolute atomic E-state index is 0.0733. The number of carboxylic acids is 1. The molecule has 11 heteroatoms. The van der Waals surface area contributed by atoms with E-state index in [0.717, 1.165) is 107 Å². The third-order valence-corrected chi connectivity index (χ3v) is 9.86. The summed E-state index contributed by atoms with van der Waals surface area (Å²) in [7, 11) is 0. The second kappa shape index (κ2) is 18.8. The molecule has 4 aromatic rings. The Morgan fingerprint density at radius 3 is 1.91 bits per heavy atom.